The third-order valence-corrected chi connectivity index (χ3v) is 9.96. The van der Waals surface area contributed by atoms with E-state index in [0.717, 1.165) is 17.4 Å². The molecule has 0 radical (unpaired) electrons. The molecular weight excluding hydrogens is 335 g/mol. The quantitative estimate of drug-likeness (QED) is 0.377. The van der Waals surface area contributed by atoms with E-state index in [1.807, 2.05) is 0 Å². The van der Waals surface area contributed by atoms with E-state index in [0.29, 0.717) is 0 Å². The van der Waals surface area contributed by atoms with Crippen molar-refractivity contribution in [3.8, 4) is 0 Å². The third-order valence-electron chi connectivity index (χ3n) is 6.40. The van der Waals surface area contributed by atoms with Crippen LogP contribution in [0.3, 0.4) is 0 Å². The van der Waals surface area contributed by atoms with Crippen molar-refractivity contribution in [2.75, 3.05) is 7.11 Å². The Morgan fingerprint density at radius 2 is 1.50 bits per heavy atom. The first kappa shape index (κ1) is 18.3. The smallest absolute Gasteiger partial charge is 0.0304 e. The third kappa shape index (κ3) is 3.80. The van der Waals surface area contributed by atoms with E-state index in [-0.39, 0.29) is 7.92 Å². The summed E-state index contributed by atoms with van der Waals surface area (Å²) >= 11 is 0. The Balaban J connectivity index is 1.68. The van der Waals surface area contributed by atoms with E-state index in [1.54, 1.807) is 12.4 Å². The van der Waals surface area contributed by atoms with Gasteiger partial charge in [0.05, 0.1) is 0 Å². The van der Waals surface area contributed by atoms with E-state index in [9.17, 15) is 0 Å². The van der Waals surface area contributed by atoms with Gasteiger partial charge in [-0.1, -0.05) is 75.6 Å². The molecule has 26 heavy (non-hydrogen) atoms. The summed E-state index contributed by atoms with van der Waals surface area (Å²) in [5, 5.41) is 1.67. The lowest BCUT2D eigenvalue weighted by molar-refractivity contribution is 0.251. The van der Waals surface area contributed by atoms with Gasteiger partial charge in [-0.25, -0.2) is 0 Å². The predicted octanol–water partition coefficient (Wildman–Crippen LogP) is 7.19. The number of methoxy groups -OCH3 is 1. The molecule has 0 N–H and O–H groups in total. The van der Waals surface area contributed by atoms with Crippen LogP contribution in [-0.2, 0) is 4.74 Å². The molecule has 0 heterocycles. The minimum absolute atomic E-state index is 0.0724. The molecule has 2 saturated carbocycles. The van der Waals surface area contributed by atoms with Crippen molar-refractivity contribution in [1.82, 2.24) is 0 Å². The topological polar surface area (TPSA) is 9.23 Å². The van der Waals surface area contributed by atoms with E-state index in [1.165, 1.54) is 75.4 Å². The van der Waals surface area contributed by atoms with Gasteiger partial charge in [0.1, 0.15) is 0 Å². The maximum Gasteiger partial charge on any atom is 0.0304 e. The molecule has 0 atom stereocenters. The number of ether oxygens (including phenoxy) is 1. The minimum Gasteiger partial charge on any atom is -0.395 e. The van der Waals surface area contributed by atoms with Crippen LogP contribution in [0.25, 0.3) is 0 Å². The van der Waals surface area contributed by atoms with Gasteiger partial charge in [-0.05, 0) is 43.1 Å². The van der Waals surface area contributed by atoms with Crippen LogP contribution in [0.15, 0.2) is 59.0 Å². The molecular formula is C24H32OP-. The molecule has 4 aliphatic carbocycles. The van der Waals surface area contributed by atoms with E-state index < -0.39 is 0 Å². The van der Waals surface area contributed by atoms with Crippen LogP contribution in [0.4, 0.5) is 0 Å². The van der Waals surface area contributed by atoms with Gasteiger partial charge in [0.25, 0.3) is 0 Å². The summed E-state index contributed by atoms with van der Waals surface area (Å²) in [6.07, 6.45) is 31.2. The highest BCUT2D eigenvalue weighted by atomic mass is 31.1. The maximum atomic E-state index is 5.70. The normalized spacial score (nSPS) is 27.6. The summed E-state index contributed by atoms with van der Waals surface area (Å²) < 4.78 is 5.70. The Labute approximate surface area is 160 Å². The van der Waals surface area contributed by atoms with Crippen molar-refractivity contribution in [2.45, 2.75) is 75.5 Å². The number of hydrogen-bond acceptors (Lipinski definition) is 1. The fourth-order valence-corrected chi connectivity index (χ4v) is 9.10. The fraction of sp³-hybridized carbons (Fsp3) is 0.542. The van der Waals surface area contributed by atoms with Gasteiger partial charge in [0.15, 0.2) is 0 Å². The van der Waals surface area contributed by atoms with Crippen molar-refractivity contribution in [3.63, 3.8) is 0 Å². The lowest BCUT2D eigenvalue weighted by Crippen LogP contribution is -2.21. The first-order valence-electron chi connectivity index (χ1n) is 10.6. The van der Waals surface area contributed by atoms with Crippen molar-refractivity contribution in [2.24, 2.45) is 0 Å². The van der Waals surface area contributed by atoms with Crippen molar-refractivity contribution in [3.05, 3.63) is 65.1 Å². The zero-order valence-electron chi connectivity index (χ0n) is 16.1. The second-order valence-corrected chi connectivity index (χ2v) is 10.8. The first-order valence-corrected chi connectivity index (χ1v) is 12.0. The van der Waals surface area contributed by atoms with E-state index in [2.05, 4.69) is 42.5 Å². The van der Waals surface area contributed by atoms with Gasteiger partial charge in [-0.2, -0.15) is 0 Å². The molecule has 0 amide bonds. The van der Waals surface area contributed by atoms with Crippen LogP contribution in [0, 0.1) is 6.10 Å². The van der Waals surface area contributed by atoms with Gasteiger partial charge >= 0.3 is 0 Å². The Hall–Kier alpha value is -1.04. The molecule has 0 spiro atoms. The summed E-state index contributed by atoms with van der Waals surface area (Å²) in [7, 11) is 1.73. The van der Waals surface area contributed by atoms with Gasteiger partial charge in [0, 0.05) is 7.11 Å². The summed E-state index contributed by atoms with van der Waals surface area (Å²) in [6.45, 7) is 0. The molecule has 0 bridgehead atoms. The molecule has 0 saturated heterocycles. The predicted molar refractivity (Wildman–Crippen MR) is 113 cm³/mol. The monoisotopic (exact) mass is 367 g/mol. The number of rotatable bonds is 4. The van der Waals surface area contributed by atoms with Crippen molar-refractivity contribution in [1.29, 1.82) is 0 Å². The fourth-order valence-electron chi connectivity index (χ4n) is 5.14. The van der Waals surface area contributed by atoms with Gasteiger partial charge < -0.3 is 4.74 Å². The molecule has 140 valence electrons. The highest BCUT2D eigenvalue weighted by Gasteiger charge is 2.34. The highest BCUT2D eigenvalue weighted by Crippen LogP contribution is 2.64. The second kappa shape index (κ2) is 8.77. The van der Waals surface area contributed by atoms with Crippen LogP contribution in [-0.4, -0.2) is 18.4 Å². The van der Waals surface area contributed by atoms with Gasteiger partial charge in [0.2, 0.25) is 0 Å². The molecule has 0 aromatic heterocycles. The zero-order valence-corrected chi connectivity index (χ0v) is 17.0. The Morgan fingerprint density at radius 3 is 2.12 bits per heavy atom. The SMILES string of the molecule is CO[C-]1C=CC=C/C1=C1/C=CC=C1P(C1CCCCC1)C1CCCCC1. The van der Waals surface area contributed by atoms with Crippen molar-refractivity contribution < 1.29 is 4.74 Å². The highest BCUT2D eigenvalue weighted by molar-refractivity contribution is 7.64. The molecule has 0 aliphatic heterocycles. The molecule has 1 nitrogen and oxygen atoms in total. The zero-order chi connectivity index (χ0) is 17.8. The molecule has 4 aliphatic rings. The molecule has 0 aromatic carbocycles. The first-order chi connectivity index (χ1) is 12.9. The van der Waals surface area contributed by atoms with Crippen LogP contribution in [0.2, 0.25) is 0 Å². The second-order valence-electron chi connectivity index (χ2n) is 8.02. The van der Waals surface area contributed by atoms with E-state index >= 15 is 0 Å². The average molecular weight is 367 g/mol. The molecule has 0 aromatic rings. The molecule has 2 heteroatoms. The van der Waals surface area contributed by atoms with Crippen LogP contribution in [0.1, 0.15) is 64.2 Å². The summed E-state index contributed by atoms with van der Waals surface area (Å²) in [4.78, 5) is 0. The Bertz CT molecular complexity index is 621. The lowest BCUT2D eigenvalue weighted by atomic mass is 9.98. The van der Waals surface area contributed by atoms with Crippen molar-refractivity contribution >= 4 is 7.92 Å². The van der Waals surface area contributed by atoms with Gasteiger partial charge in [-0.15, -0.1) is 29.9 Å². The van der Waals surface area contributed by atoms with Crippen LogP contribution < -0.4 is 0 Å². The largest absolute Gasteiger partial charge is 0.395 e. The van der Waals surface area contributed by atoms with Gasteiger partial charge in [-0.3, -0.25) is 0 Å². The minimum atomic E-state index is -0.0724. The summed E-state index contributed by atoms with van der Waals surface area (Å²) in [6, 6.07) is 0. The lowest BCUT2D eigenvalue weighted by Gasteiger charge is -2.41. The van der Waals surface area contributed by atoms with E-state index in [4.69, 9.17) is 4.74 Å². The Morgan fingerprint density at radius 1 is 0.846 bits per heavy atom. The number of hydrogen-bond donors (Lipinski definition) is 0. The molecule has 4 rings (SSSR count). The van der Waals surface area contributed by atoms with Crippen LogP contribution in [0.5, 0.6) is 0 Å². The maximum absolute atomic E-state index is 5.70. The van der Waals surface area contributed by atoms with Crippen LogP contribution >= 0.6 is 7.92 Å². The molecule has 0 unspecified atom stereocenters. The number of allylic oxidation sites excluding steroid dienone is 7. The molecule has 2 fully saturated rings. The standard InChI is InChI=1S/C24H32OP/c1-25-23-17-9-8-15-21(23)22-16-10-18-24(22)26(19-11-4-2-5-12-19)20-13-6-3-7-14-20/h8-10,15-20H,2-7,11-14H2,1H3/q-1/b22-21+. The summed E-state index contributed by atoms with van der Waals surface area (Å²) in [5.41, 5.74) is 4.62. The average Bonchev–Trinajstić information content (AvgIpc) is 3.19. The summed E-state index contributed by atoms with van der Waals surface area (Å²) in [5.74, 6) is 0. The Kier molecular flexibility index (Phi) is 6.18.